The number of benzene rings is 1. The van der Waals surface area contributed by atoms with Crippen LogP contribution in [0.25, 0.3) is 0 Å². The van der Waals surface area contributed by atoms with Crippen LogP contribution in [0.15, 0.2) is 23.2 Å². The molecule has 0 atom stereocenters. The van der Waals surface area contributed by atoms with Crippen molar-refractivity contribution in [3.8, 4) is 11.5 Å². The summed E-state index contributed by atoms with van der Waals surface area (Å²) in [7, 11) is 5.11. The van der Waals surface area contributed by atoms with Crippen LogP contribution in [0, 0.1) is 5.92 Å². The van der Waals surface area contributed by atoms with Crippen LogP contribution in [0.1, 0.15) is 18.4 Å². The molecule has 0 amide bonds. The summed E-state index contributed by atoms with van der Waals surface area (Å²) in [5.74, 6) is 3.25. The molecule has 0 radical (unpaired) electrons. The van der Waals surface area contributed by atoms with Gasteiger partial charge in [-0.3, -0.25) is 4.99 Å². The van der Waals surface area contributed by atoms with E-state index in [1.165, 1.54) is 18.4 Å². The predicted octanol–water partition coefficient (Wildman–Crippen LogP) is 2.44. The lowest BCUT2D eigenvalue weighted by molar-refractivity contribution is 0.354. The first kappa shape index (κ1) is 18.9. The molecule has 1 saturated carbocycles. The fourth-order valence-electron chi connectivity index (χ4n) is 2.14. The van der Waals surface area contributed by atoms with Gasteiger partial charge in [0, 0.05) is 20.1 Å². The Labute approximate surface area is 149 Å². The van der Waals surface area contributed by atoms with E-state index >= 15 is 0 Å². The molecule has 2 N–H and O–H groups in total. The van der Waals surface area contributed by atoms with Gasteiger partial charge in [-0.25, -0.2) is 0 Å². The van der Waals surface area contributed by atoms with Gasteiger partial charge in [-0.05, 0) is 42.9 Å². The molecule has 1 aromatic rings. The van der Waals surface area contributed by atoms with Crippen LogP contribution in [0.4, 0.5) is 0 Å². The molecule has 0 bridgehead atoms. The molecule has 1 aliphatic carbocycles. The second-order valence-electron chi connectivity index (χ2n) is 5.26. The highest BCUT2D eigenvalue weighted by molar-refractivity contribution is 14.0. The molecular formula is C16H26IN3O2. The van der Waals surface area contributed by atoms with Crippen LogP contribution in [0.5, 0.6) is 11.5 Å². The number of nitrogens with one attached hydrogen (secondary N) is 2. The van der Waals surface area contributed by atoms with Crippen LogP contribution in [-0.4, -0.2) is 40.3 Å². The molecular weight excluding hydrogens is 393 g/mol. The maximum absolute atomic E-state index is 5.32. The molecule has 0 saturated heterocycles. The summed E-state index contributed by atoms with van der Waals surface area (Å²) in [6.07, 6.45) is 3.59. The Hall–Kier alpha value is -1.18. The Morgan fingerprint density at radius 3 is 2.50 bits per heavy atom. The van der Waals surface area contributed by atoms with Crippen LogP contribution in [-0.2, 0) is 6.42 Å². The maximum atomic E-state index is 5.32. The molecule has 1 aromatic carbocycles. The predicted molar refractivity (Wildman–Crippen MR) is 101 cm³/mol. The van der Waals surface area contributed by atoms with E-state index in [9.17, 15) is 0 Å². The minimum atomic E-state index is 0. The molecule has 22 heavy (non-hydrogen) atoms. The average molecular weight is 419 g/mol. The van der Waals surface area contributed by atoms with Crippen molar-refractivity contribution in [2.45, 2.75) is 19.3 Å². The third kappa shape index (κ3) is 5.90. The molecule has 1 fully saturated rings. The van der Waals surface area contributed by atoms with E-state index in [4.69, 9.17) is 9.47 Å². The molecule has 1 aliphatic rings. The zero-order chi connectivity index (χ0) is 15.1. The van der Waals surface area contributed by atoms with E-state index in [0.717, 1.165) is 42.9 Å². The molecule has 0 aromatic heterocycles. The van der Waals surface area contributed by atoms with Gasteiger partial charge in [0.05, 0.1) is 14.2 Å². The smallest absolute Gasteiger partial charge is 0.190 e. The van der Waals surface area contributed by atoms with Gasteiger partial charge in [-0.15, -0.1) is 24.0 Å². The number of guanidine groups is 1. The maximum Gasteiger partial charge on any atom is 0.190 e. The zero-order valence-corrected chi connectivity index (χ0v) is 15.8. The molecule has 0 unspecified atom stereocenters. The number of hydrogen-bond acceptors (Lipinski definition) is 3. The molecule has 0 heterocycles. The van der Waals surface area contributed by atoms with Crippen LogP contribution in [0.3, 0.4) is 0 Å². The fourth-order valence-corrected chi connectivity index (χ4v) is 2.14. The molecule has 2 rings (SSSR count). The number of rotatable bonds is 7. The van der Waals surface area contributed by atoms with Gasteiger partial charge in [0.2, 0.25) is 0 Å². The fraction of sp³-hybridized carbons (Fsp3) is 0.562. The van der Waals surface area contributed by atoms with Crippen molar-refractivity contribution in [2.75, 3.05) is 34.4 Å². The van der Waals surface area contributed by atoms with E-state index in [1.807, 2.05) is 12.1 Å². The van der Waals surface area contributed by atoms with Crippen molar-refractivity contribution < 1.29 is 9.47 Å². The summed E-state index contributed by atoms with van der Waals surface area (Å²) in [5.41, 5.74) is 1.21. The van der Waals surface area contributed by atoms with Gasteiger partial charge in [-0.2, -0.15) is 0 Å². The van der Waals surface area contributed by atoms with Crippen LogP contribution < -0.4 is 20.1 Å². The summed E-state index contributed by atoms with van der Waals surface area (Å²) in [6, 6.07) is 6.01. The lowest BCUT2D eigenvalue weighted by atomic mass is 10.1. The highest BCUT2D eigenvalue weighted by Crippen LogP contribution is 2.28. The number of nitrogens with zero attached hydrogens (tertiary/aromatic N) is 1. The van der Waals surface area contributed by atoms with Crippen LogP contribution in [0.2, 0.25) is 0 Å². The average Bonchev–Trinajstić information content (AvgIpc) is 3.34. The van der Waals surface area contributed by atoms with Gasteiger partial charge in [0.25, 0.3) is 0 Å². The third-order valence-electron chi connectivity index (χ3n) is 3.63. The van der Waals surface area contributed by atoms with E-state index in [1.54, 1.807) is 21.3 Å². The lowest BCUT2D eigenvalue weighted by Gasteiger charge is -2.12. The van der Waals surface area contributed by atoms with Crippen molar-refractivity contribution in [1.82, 2.24) is 10.6 Å². The summed E-state index contributed by atoms with van der Waals surface area (Å²) < 4.78 is 10.6. The Morgan fingerprint density at radius 1 is 1.18 bits per heavy atom. The Balaban J connectivity index is 0.00000242. The molecule has 0 aliphatic heterocycles. The first-order valence-electron chi connectivity index (χ1n) is 7.42. The summed E-state index contributed by atoms with van der Waals surface area (Å²) >= 11 is 0. The number of hydrogen-bond donors (Lipinski definition) is 2. The Bertz CT molecular complexity index is 490. The summed E-state index contributed by atoms with van der Waals surface area (Å²) in [5, 5.41) is 6.69. The van der Waals surface area contributed by atoms with E-state index in [2.05, 4.69) is 21.7 Å². The monoisotopic (exact) mass is 419 g/mol. The topological polar surface area (TPSA) is 54.9 Å². The molecule has 5 nitrogen and oxygen atoms in total. The van der Waals surface area contributed by atoms with Crippen LogP contribution >= 0.6 is 24.0 Å². The molecule has 0 spiro atoms. The SMILES string of the molecule is CN=C(NCCc1ccc(OC)c(OC)c1)NCC1CC1.I. The van der Waals surface area contributed by atoms with Gasteiger partial charge >= 0.3 is 0 Å². The number of methoxy groups -OCH3 is 2. The number of halogens is 1. The summed E-state index contributed by atoms with van der Waals surface area (Å²) in [6.45, 7) is 1.86. The van der Waals surface area contributed by atoms with Crippen molar-refractivity contribution in [1.29, 1.82) is 0 Å². The largest absolute Gasteiger partial charge is 0.493 e. The Kier molecular flexibility index (Phi) is 8.37. The zero-order valence-electron chi connectivity index (χ0n) is 13.5. The van der Waals surface area contributed by atoms with E-state index in [-0.39, 0.29) is 24.0 Å². The minimum Gasteiger partial charge on any atom is -0.493 e. The van der Waals surface area contributed by atoms with E-state index < -0.39 is 0 Å². The Morgan fingerprint density at radius 2 is 1.91 bits per heavy atom. The van der Waals surface area contributed by atoms with Gasteiger partial charge in [0.1, 0.15) is 0 Å². The second kappa shape index (κ2) is 9.76. The highest BCUT2D eigenvalue weighted by atomic mass is 127. The minimum absolute atomic E-state index is 0. The quantitative estimate of drug-likeness (QED) is 0.405. The van der Waals surface area contributed by atoms with Crippen molar-refractivity contribution in [2.24, 2.45) is 10.9 Å². The standard InChI is InChI=1S/C16H25N3O2.HI/c1-17-16(19-11-13-4-5-13)18-9-8-12-6-7-14(20-2)15(10-12)21-3;/h6-7,10,13H,4-5,8-9,11H2,1-3H3,(H2,17,18,19);1H. The van der Waals surface area contributed by atoms with Gasteiger partial charge < -0.3 is 20.1 Å². The number of aliphatic imine (C=N–C) groups is 1. The van der Waals surface area contributed by atoms with Crippen molar-refractivity contribution in [3.63, 3.8) is 0 Å². The second-order valence-corrected chi connectivity index (χ2v) is 5.26. The van der Waals surface area contributed by atoms with Gasteiger partial charge in [-0.1, -0.05) is 6.07 Å². The number of ether oxygens (including phenoxy) is 2. The third-order valence-corrected chi connectivity index (χ3v) is 3.63. The van der Waals surface area contributed by atoms with Crippen molar-refractivity contribution >= 4 is 29.9 Å². The normalized spacial score (nSPS) is 14.0. The first-order valence-corrected chi connectivity index (χ1v) is 7.42. The first-order chi connectivity index (χ1) is 10.3. The van der Waals surface area contributed by atoms with Crippen molar-refractivity contribution in [3.05, 3.63) is 23.8 Å². The molecule has 124 valence electrons. The van der Waals surface area contributed by atoms with E-state index in [0.29, 0.717) is 0 Å². The highest BCUT2D eigenvalue weighted by Gasteiger charge is 2.20. The summed E-state index contributed by atoms with van der Waals surface area (Å²) in [4.78, 5) is 4.23. The molecule has 6 heteroatoms. The lowest BCUT2D eigenvalue weighted by Crippen LogP contribution is -2.39. The van der Waals surface area contributed by atoms with Gasteiger partial charge in [0.15, 0.2) is 17.5 Å².